The molecule has 0 saturated carbocycles. The maximum absolute atomic E-state index is 11.3. The minimum absolute atomic E-state index is 0.697. The Hall–Kier alpha value is -1.92. The Morgan fingerprint density at radius 3 is 1.14 bits per heavy atom. The number of hydrogen-bond acceptors (Lipinski definition) is 7. The first-order valence-electron chi connectivity index (χ1n) is 6.46. The molecule has 0 aliphatic carbocycles. The summed E-state index contributed by atoms with van der Waals surface area (Å²) in [5.74, 6) is -3.76. The van der Waals surface area contributed by atoms with Crippen molar-refractivity contribution in [3.63, 3.8) is 0 Å². The molecule has 0 amide bonds. The molecule has 0 saturated heterocycles. The predicted molar refractivity (Wildman–Crippen MR) is 72.0 cm³/mol. The predicted octanol–water partition coefficient (Wildman–Crippen LogP) is 1.52. The van der Waals surface area contributed by atoms with Crippen molar-refractivity contribution in [1.82, 2.24) is 0 Å². The van der Waals surface area contributed by atoms with Gasteiger partial charge in [0.15, 0.2) is 0 Å². The maximum atomic E-state index is 11.3. The summed E-state index contributed by atoms with van der Waals surface area (Å²) in [6.45, 7) is 9.86. The highest BCUT2D eigenvalue weighted by Crippen LogP contribution is 2.10. The van der Waals surface area contributed by atoms with Crippen molar-refractivity contribution in [3.05, 3.63) is 0 Å². The van der Waals surface area contributed by atoms with E-state index < -0.39 is 47.9 Å². The number of hydrogen-bond donors (Lipinski definition) is 0. The van der Waals surface area contributed by atoms with E-state index in [4.69, 9.17) is 9.47 Å². The van der Waals surface area contributed by atoms with E-state index in [0.717, 1.165) is 0 Å². The van der Waals surface area contributed by atoms with Gasteiger partial charge in [-0.1, -0.05) is 0 Å². The molecule has 0 aromatic heterocycles. The Morgan fingerprint density at radius 1 is 0.619 bits per heavy atom. The summed E-state index contributed by atoms with van der Waals surface area (Å²) in [6.07, 6.45) is -1.39. The van der Waals surface area contributed by atoms with Crippen LogP contribution in [0.25, 0.3) is 0 Å². The molecule has 7 nitrogen and oxygen atoms in total. The molecule has 0 spiro atoms. The molecule has 0 rings (SSSR count). The van der Waals surface area contributed by atoms with Crippen LogP contribution in [0.2, 0.25) is 0 Å². The van der Waals surface area contributed by atoms with Crippen LogP contribution >= 0.6 is 0 Å². The first kappa shape index (κ1) is 19.1. The van der Waals surface area contributed by atoms with Crippen molar-refractivity contribution in [1.29, 1.82) is 0 Å². The summed E-state index contributed by atoms with van der Waals surface area (Å²) in [5, 5.41) is 0. The third kappa shape index (κ3) is 11.6. The molecule has 120 valence electrons. The molecule has 21 heavy (non-hydrogen) atoms. The zero-order valence-corrected chi connectivity index (χ0v) is 13.3. The van der Waals surface area contributed by atoms with Gasteiger partial charge in [-0.25, -0.2) is 0 Å². The number of carbonyl (C=O) groups excluding carboxylic acids is 4. The lowest BCUT2D eigenvalue weighted by Gasteiger charge is -2.19. The van der Waals surface area contributed by atoms with E-state index >= 15 is 0 Å². The second kappa shape index (κ2) is 7.19. The van der Waals surface area contributed by atoms with E-state index in [-0.39, 0.29) is 0 Å². The van der Waals surface area contributed by atoms with Crippen molar-refractivity contribution < 1.29 is 33.4 Å². The smallest absolute Gasteiger partial charge is 0.324 e. The van der Waals surface area contributed by atoms with Gasteiger partial charge in [-0.3, -0.25) is 19.2 Å². The van der Waals surface area contributed by atoms with Gasteiger partial charge in [-0.05, 0) is 41.5 Å². The Kier molecular flexibility index (Phi) is 6.53. The first-order valence-corrected chi connectivity index (χ1v) is 6.46. The van der Waals surface area contributed by atoms with E-state index in [0.29, 0.717) is 0 Å². The molecule has 7 heteroatoms. The molecular formula is C14H22O7. The van der Waals surface area contributed by atoms with Crippen LogP contribution in [0, 0.1) is 0 Å². The minimum atomic E-state index is -1.07. The van der Waals surface area contributed by atoms with E-state index in [9.17, 15) is 19.2 Å². The summed E-state index contributed by atoms with van der Waals surface area (Å²) >= 11 is 0. The molecule has 0 bridgehead atoms. The summed E-state index contributed by atoms with van der Waals surface area (Å²) < 4.78 is 14.1. The van der Waals surface area contributed by atoms with Crippen LogP contribution in [-0.4, -0.2) is 35.1 Å². The molecule has 0 aliphatic rings. The van der Waals surface area contributed by atoms with Crippen LogP contribution in [0.15, 0.2) is 0 Å². The fraction of sp³-hybridized carbons (Fsp3) is 0.714. The second-order valence-electron chi connectivity index (χ2n) is 6.37. The van der Waals surface area contributed by atoms with Gasteiger partial charge in [0.1, 0.15) is 24.0 Å². The van der Waals surface area contributed by atoms with E-state index in [2.05, 4.69) is 4.74 Å². The molecule has 0 aliphatic heterocycles. The largest absolute Gasteiger partial charge is 0.460 e. The summed E-state index contributed by atoms with van der Waals surface area (Å²) in [4.78, 5) is 45.3. The zero-order valence-electron chi connectivity index (χ0n) is 13.3. The van der Waals surface area contributed by atoms with Gasteiger partial charge >= 0.3 is 23.9 Å². The molecule has 0 aromatic rings. The highest BCUT2D eigenvalue weighted by atomic mass is 16.6. The van der Waals surface area contributed by atoms with E-state index in [1.165, 1.54) is 0 Å². The van der Waals surface area contributed by atoms with Crippen LogP contribution in [0.4, 0.5) is 0 Å². The van der Waals surface area contributed by atoms with Gasteiger partial charge in [0.2, 0.25) is 0 Å². The lowest BCUT2D eigenvalue weighted by Crippen LogP contribution is -2.28. The average molecular weight is 302 g/mol. The Balaban J connectivity index is 4.19. The summed E-state index contributed by atoms with van der Waals surface area (Å²) in [5.41, 5.74) is -1.48. The average Bonchev–Trinajstić information content (AvgIpc) is 2.07. The van der Waals surface area contributed by atoms with Gasteiger partial charge in [0.25, 0.3) is 0 Å². The number of carbonyl (C=O) groups is 4. The summed E-state index contributed by atoms with van der Waals surface area (Å²) in [6, 6.07) is 0. The van der Waals surface area contributed by atoms with Crippen LogP contribution in [0.5, 0.6) is 0 Å². The third-order valence-corrected chi connectivity index (χ3v) is 1.65. The van der Waals surface area contributed by atoms with Gasteiger partial charge in [-0.2, -0.15) is 0 Å². The standard InChI is InChI=1S/C14H22O7/c1-13(2,3)20-11(17)7-9(15)19-10(16)8-12(18)21-14(4,5)6/h7-8H2,1-6H3. The highest BCUT2D eigenvalue weighted by Gasteiger charge is 2.24. The first-order chi connectivity index (χ1) is 9.28. The second-order valence-corrected chi connectivity index (χ2v) is 6.37. The third-order valence-electron chi connectivity index (χ3n) is 1.65. The quantitative estimate of drug-likeness (QED) is 0.441. The van der Waals surface area contributed by atoms with Crippen LogP contribution < -0.4 is 0 Å². The van der Waals surface area contributed by atoms with Crippen LogP contribution in [0.1, 0.15) is 54.4 Å². The lowest BCUT2D eigenvalue weighted by atomic mass is 10.2. The van der Waals surface area contributed by atoms with Crippen molar-refractivity contribution in [2.45, 2.75) is 65.6 Å². The maximum Gasteiger partial charge on any atom is 0.324 e. The van der Waals surface area contributed by atoms with Crippen molar-refractivity contribution in [2.75, 3.05) is 0 Å². The van der Waals surface area contributed by atoms with Gasteiger partial charge < -0.3 is 14.2 Å². The fourth-order valence-electron chi connectivity index (χ4n) is 1.19. The Labute approximate surface area is 123 Å². The van der Waals surface area contributed by atoms with Crippen LogP contribution in [0.3, 0.4) is 0 Å². The van der Waals surface area contributed by atoms with Crippen molar-refractivity contribution >= 4 is 23.9 Å². The van der Waals surface area contributed by atoms with E-state index in [1.54, 1.807) is 41.5 Å². The molecule has 0 aromatic carbocycles. The molecular weight excluding hydrogens is 280 g/mol. The van der Waals surface area contributed by atoms with Crippen molar-refractivity contribution in [2.24, 2.45) is 0 Å². The molecule has 0 N–H and O–H groups in total. The number of esters is 4. The van der Waals surface area contributed by atoms with Gasteiger partial charge in [-0.15, -0.1) is 0 Å². The monoisotopic (exact) mass is 302 g/mol. The number of rotatable bonds is 4. The lowest BCUT2D eigenvalue weighted by molar-refractivity contribution is -0.168. The highest BCUT2D eigenvalue weighted by molar-refractivity contribution is 6.00. The molecule has 0 atom stereocenters. The Bertz CT molecular complexity index is 384. The zero-order chi connectivity index (χ0) is 16.8. The Morgan fingerprint density at radius 2 is 0.905 bits per heavy atom. The SMILES string of the molecule is CC(C)(C)OC(=O)CC(=O)OC(=O)CC(=O)OC(C)(C)C. The normalized spacial score (nSPS) is 11.5. The number of ether oxygens (including phenoxy) is 3. The van der Waals surface area contributed by atoms with E-state index in [1.807, 2.05) is 0 Å². The molecule has 0 heterocycles. The summed E-state index contributed by atoms with van der Waals surface area (Å²) in [7, 11) is 0. The van der Waals surface area contributed by atoms with Crippen molar-refractivity contribution in [3.8, 4) is 0 Å². The molecule has 0 radical (unpaired) electrons. The molecule has 0 fully saturated rings. The van der Waals surface area contributed by atoms with Gasteiger partial charge in [0.05, 0.1) is 0 Å². The fourth-order valence-corrected chi connectivity index (χ4v) is 1.19. The topological polar surface area (TPSA) is 96.0 Å². The van der Waals surface area contributed by atoms with Crippen LogP contribution in [-0.2, 0) is 33.4 Å². The molecule has 0 unspecified atom stereocenters. The minimum Gasteiger partial charge on any atom is -0.460 e. The van der Waals surface area contributed by atoms with Gasteiger partial charge in [0, 0.05) is 0 Å².